The van der Waals surface area contributed by atoms with Crippen molar-refractivity contribution in [1.82, 2.24) is 5.32 Å². The average molecular weight is 303 g/mol. The van der Waals surface area contributed by atoms with E-state index >= 15 is 0 Å². The molecule has 1 aromatic carbocycles. The first-order valence-electron chi connectivity index (χ1n) is 5.02. The Morgan fingerprint density at radius 1 is 1.47 bits per heavy atom. The number of hydrogen-bond donors (Lipinski definition) is 4. The van der Waals surface area contributed by atoms with Crippen molar-refractivity contribution in [2.24, 2.45) is 0 Å². The van der Waals surface area contributed by atoms with E-state index in [0.29, 0.717) is 15.7 Å². The van der Waals surface area contributed by atoms with E-state index in [1.165, 1.54) is 0 Å². The first-order valence-corrected chi connectivity index (χ1v) is 5.81. The Bertz CT molecular complexity index is 419. The summed E-state index contributed by atoms with van der Waals surface area (Å²) in [6.07, 6.45) is 0. The number of nitrogen functional groups attached to an aromatic ring is 1. The van der Waals surface area contributed by atoms with Gasteiger partial charge in [0.25, 0.3) is 5.91 Å². The molecule has 5 nitrogen and oxygen atoms in total. The van der Waals surface area contributed by atoms with E-state index in [4.69, 9.17) is 15.9 Å². The van der Waals surface area contributed by atoms with Crippen LogP contribution in [0, 0.1) is 0 Å². The maximum absolute atomic E-state index is 11.9. The molecule has 17 heavy (non-hydrogen) atoms. The monoisotopic (exact) mass is 302 g/mol. The van der Waals surface area contributed by atoms with Crippen molar-refractivity contribution in [1.29, 1.82) is 0 Å². The molecule has 0 aliphatic carbocycles. The Morgan fingerprint density at radius 3 is 2.59 bits per heavy atom. The maximum atomic E-state index is 11.9. The molecule has 0 unspecified atom stereocenters. The second kappa shape index (κ2) is 5.48. The highest BCUT2D eigenvalue weighted by Crippen LogP contribution is 2.24. The minimum Gasteiger partial charge on any atom is -0.398 e. The van der Waals surface area contributed by atoms with E-state index in [0.717, 1.165) is 0 Å². The van der Waals surface area contributed by atoms with Crippen molar-refractivity contribution < 1.29 is 15.0 Å². The molecule has 0 spiro atoms. The highest BCUT2D eigenvalue weighted by Gasteiger charge is 2.26. The smallest absolute Gasteiger partial charge is 0.253 e. The first kappa shape index (κ1) is 14.0. The molecule has 0 saturated heterocycles. The van der Waals surface area contributed by atoms with Gasteiger partial charge >= 0.3 is 0 Å². The number of aliphatic hydroxyl groups is 2. The third-order valence-electron chi connectivity index (χ3n) is 2.39. The molecule has 1 rings (SSSR count). The second-order valence-corrected chi connectivity index (χ2v) is 4.83. The van der Waals surface area contributed by atoms with Gasteiger partial charge in [-0.25, -0.2) is 0 Å². The second-order valence-electron chi connectivity index (χ2n) is 4.04. The Balaban J connectivity index is 2.94. The lowest BCUT2D eigenvalue weighted by molar-refractivity contribution is 0.0723. The number of nitrogens with two attached hydrogens (primary N) is 1. The predicted octanol–water partition coefficient (Wildman–Crippen LogP) is 0.504. The van der Waals surface area contributed by atoms with Crippen molar-refractivity contribution in [3.63, 3.8) is 0 Å². The molecular formula is C11H15BrN2O3. The van der Waals surface area contributed by atoms with Crippen LogP contribution >= 0.6 is 15.9 Å². The standard InChI is InChI=1S/C11H15BrN2O3/c1-11(5-15,6-16)14-10(17)7-3-2-4-8(13)9(7)12/h2-4,15-16H,5-6,13H2,1H3,(H,14,17). The van der Waals surface area contributed by atoms with Crippen LogP contribution in [0.1, 0.15) is 17.3 Å². The van der Waals surface area contributed by atoms with Crippen molar-refractivity contribution in [3.8, 4) is 0 Å². The van der Waals surface area contributed by atoms with E-state index < -0.39 is 11.4 Å². The molecule has 1 aromatic rings. The number of carbonyl (C=O) groups is 1. The molecule has 0 aliphatic rings. The lowest BCUT2D eigenvalue weighted by Crippen LogP contribution is -2.51. The Labute approximate surface area is 108 Å². The molecule has 0 heterocycles. The summed E-state index contributed by atoms with van der Waals surface area (Å²) in [5.41, 5.74) is 5.42. The van der Waals surface area contributed by atoms with Gasteiger partial charge in [-0.3, -0.25) is 4.79 Å². The summed E-state index contributed by atoms with van der Waals surface area (Å²) in [7, 11) is 0. The summed E-state index contributed by atoms with van der Waals surface area (Å²) < 4.78 is 0.496. The molecule has 6 heteroatoms. The lowest BCUT2D eigenvalue weighted by Gasteiger charge is -2.26. The van der Waals surface area contributed by atoms with Gasteiger partial charge in [-0.05, 0) is 35.0 Å². The van der Waals surface area contributed by atoms with Crippen molar-refractivity contribution in [2.45, 2.75) is 12.5 Å². The number of rotatable bonds is 4. The van der Waals surface area contributed by atoms with Crippen LogP contribution in [0.5, 0.6) is 0 Å². The van der Waals surface area contributed by atoms with Crippen LogP contribution in [0.15, 0.2) is 22.7 Å². The third-order valence-corrected chi connectivity index (χ3v) is 3.27. The summed E-state index contributed by atoms with van der Waals surface area (Å²) >= 11 is 3.22. The molecule has 0 aromatic heterocycles. The molecule has 0 atom stereocenters. The van der Waals surface area contributed by atoms with Gasteiger partial charge in [-0.1, -0.05) is 6.07 Å². The first-order chi connectivity index (χ1) is 7.93. The van der Waals surface area contributed by atoms with Crippen LogP contribution < -0.4 is 11.1 Å². The molecule has 1 amide bonds. The van der Waals surface area contributed by atoms with Crippen LogP contribution in [0.25, 0.3) is 0 Å². The SMILES string of the molecule is CC(CO)(CO)NC(=O)c1cccc(N)c1Br. The lowest BCUT2D eigenvalue weighted by atomic mass is 10.0. The highest BCUT2D eigenvalue weighted by molar-refractivity contribution is 9.10. The molecule has 0 aliphatic heterocycles. The highest BCUT2D eigenvalue weighted by atomic mass is 79.9. The average Bonchev–Trinajstić information content (AvgIpc) is 2.32. The van der Waals surface area contributed by atoms with Gasteiger partial charge in [-0.15, -0.1) is 0 Å². The van der Waals surface area contributed by atoms with Gasteiger partial charge in [0.1, 0.15) is 0 Å². The largest absolute Gasteiger partial charge is 0.398 e. The molecule has 5 N–H and O–H groups in total. The quantitative estimate of drug-likeness (QED) is 0.609. The van der Waals surface area contributed by atoms with E-state index in [9.17, 15) is 4.79 Å². The fourth-order valence-corrected chi connectivity index (χ4v) is 1.64. The molecule has 0 bridgehead atoms. The van der Waals surface area contributed by atoms with Crippen molar-refractivity contribution >= 4 is 27.5 Å². The summed E-state index contributed by atoms with van der Waals surface area (Å²) in [6, 6.07) is 4.92. The third kappa shape index (κ3) is 3.18. The topological polar surface area (TPSA) is 95.6 Å². The number of halogens is 1. The van der Waals surface area contributed by atoms with Crippen molar-refractivity contribution in [2.75, 3.05) is 18.9 Å². The van der Waals surface area contributed by atoms with Gasteiger partial charge < -0.3 is 21.3 Å². The fraction of sp³-hybridized carbons (Fsp3) is 0.364. The van der Waals surface area contributed by atoms with Crippen LogP contribution in [0.4, 0.5) is 5.69 Å². The maximum Gasteiger partial charge on any atom is 0.253 e. The number of anilines is 1. The molecule has 0 saturated carbocycles. The number of nitrogens with one attached hydrogen (secondary N) is 1. The van der Waals surface area contributed by atoms with Crippen LogP contribution in [0.2, 0.25) is 0 Å². The zero-order valence-corrected chi connectivity index (χ0v) is 11.0. The Hall–Kier alpha value is -1.11. The summed E-state index contributed by atoms with van der Waals surface area (Å²) in [4.78, 5) is 11.9. The Kier molecular flexibility index (Phi) is 4.50. The van der Waals surface area contributed by atoms with Crippen molar-refractivity contribution in [3.05, 3.63) is 28.2 Å². The number of hydrogen-bond acceptors (Lipinski definition) is 4. The van der Waals surface area contributed by atoms with Gasteiger partial charge in [0.2, 0.25) is 0 Å². The normalized spacial score (nSPS) is 11.3. The van der Waals surface area contributed by atoms with Crippen LogP contribution in [0.3, 0.4) is 0 Å². The van der Waals surface area contributed by atoms with Gasteiger partial charge in [0.15, 0.2) is 0 Å². The summed E-state index contributed by atoms with van der Waals surface area (Å²) in [5, 5.41) is 20.7. The molecule has 0 fully saturated rings. The zero-order chi connectivity index (χ0) is 13.1. The number of carbonyl (C=O) groups excluding carboxylic acids is 1. The van der Waals surface area contributed by atoms with Gasteiger partial charge in [0, 0.05) is 5.69 Å². The Morgan fingerprint density at radius 2 is 2.06 bits per heavy atom. The molecule has 0 radical (unpaired) electrons. The number of benzene rings is 1. The minimum absolute atomic E-state index is 0.352. The van der Waals surface area contributed by atoms with Gasteiger partial charge in [0.05, 0.1) is 28.8 Å². The number of aliphatic hydroxyl groups excluding tert-OH is 2. The van der Waals surface area contributed by atoms with E-state index in [1.807, 2.05) is 0 Å². The number of amides is 1. The molecular weight excluding hydrogens is 288 g/mol. The predicted molar refractivity (Wildman–Crippen MR) is 68.6 cm³/mol. The van der Waals surface area contributed by atoms with E-state index in [1.54, 1.807) is 25.1 Å². The fourth-order valence-electron chi connectivity index (χ4n) is 1.20. The minimum atomic E-state index is -1.05. The molecule has 94 valence electrons. The van der Waals surface area contributed by atoms with E-state index in [2.05, 4.69) is 21.2 Å². The summed E-state index contributed by atoms with van der Waals surface area (Å²) in [5.74, 6) is -0.408. The van der Waals surface area contributed by atoms with Crippen LogP contribution in [-0.4, -0.2) is 34.9 Å². The van der Waals surface area contributed by atoms with Gasteiger partial charge in [-0.2, -0.15) is 0 Å². The zero-order valence-electron chi connectivity index (χ0n) is 9.40. The van der Waals surface area contributed by atoms with Crippen LogP contribution in [-0.2, 0) is 0 Å². The van der Waals surface area contributed by atoms with E-state index in [-0.39, 0.29) is 13.2 Å². The summed E-state index contributed by atoms with van der Waals surface area (Å²) in [6.45, 7) is 0.843.